The van der Waals surface area contributed by atoms with Crippen LogP contribution in [0, 0.1) is 24.2 Å². The van der Waals surface area contributed by atoms with Crippen molar-refractivity contribution in [3.8, 4) is 11.8 Å². The van der Waals surface area contributed by atoms with E-state index in [9.17, 15) is 5.11 Å². The molecule has 1 atom stereocenters. The largest absolute Gasteiger partial charge is 0.371 e. The van der Waals surface area contributed by atoms with Gasteiger partial charge in [-0.15, -0.1) is 0 Å². The predicted molar refractivity (Wildman–Crippen MR) is 104 cm³/mol. The third-order valence-electron chi connectivity index (χ3n) is 3.77. The lowest BCUT2D eigenvalue weighted by molar-refractivity contribution is 0.108. The third kappa shape index (κ3) is 4.31. The molecular formula is C19H19N7O2. The maximum absolute atomic E-state index is 10.5. The fraction of sp³-hybridized carbons (Fsp3) is 0.211. The van der Waals surface area contributed by atoms with Crippen molar-refractivity contribution in [1.29, 1.82) is 5.41 Å². The van der Waals surface area contributed by atoms with Crippen LogP contribution < -0.4 is 11.1 Å². The Morgan fingerprint density at radius 1 is 1.32 bits per heavy atom. The Hall–Kier alpha value is -3.77. The fourth-order valence-electron chi connectivity index (χ4n) is 2.38. The van der Waals surface area contributed by atoms with Gasteiger partial charge in [0.25, 0.3) is 0 Å². The molecule has 0 fully saturated rings. The highest BCUT2D eigenvalue weighted by atomic mass is 16.5. The number of nitrogens with two attached hydrogens (primary N) is 1. The fourth-order valence-corrected chi connectivity index (χ4v) is 2.38. The highest BCUT2D eigenvalue weighted by Gasteiger charge is 2.26. The molecule has 0 spiro atoms. The zero-order chi connectivity index (χ0) is 20.3. The number of nitrogens with zero attached hydrogens (tertiary/aromatic N) is 4. The summed E-state index contributed by atoms with van der Waals surface area (Å²) in [6, 6.07) is 6.96. The van der Waals surface area contributed by atoms with E-state index in [0.717, 1.165) is 0 Å². The van der Waals surface area contributed by atoms with Gasteiger partial charge >= 0.3 is 0 Å². The van der Waals surface area contributed by atoms with Crippen LogP contribution in [0.25, 0.3) is 0 Å². The predicted octanol–water partition coefficient (Wildman–Crippen LogP) is 2.14. The molecule has 9 nitrogen and oxygen atoms in total. The number of hydrogen-bond donors (Lipinski definition) is 4. The SMILES string of the molecule is CC(=N)c1ccc(C#CC(C)(O)c2noc(C)n2)cc1Nc1ccnc(N)n1. The molecule has 1 aromatic carbocycles. The van der Waals surface area contributed by atoms with E-state index in [-0.39, 0.29) is 11.8 Å². The summed E-state index contributed by atoms with van der Waals surface area (Å²) in [7, 11) is 0. The van der Waals surface area contributed by atoms with Crippen molar-refractivity contribution in [2.45, 2.75) is 26.4 Å². The van der Waals surface area contributed by atoms with Gasteiger partial charge in [0.2, 0.25) is 17.7 Å². The van der Waals surface area contributed by atoms with Crippen LogP contribution in [0.3, 0.4) is 0 Å². The molecule has 0 aliphatic heterocycles. The van der Waals surface area contributed by atoms with Crippen molar-refractivity contribution in [2.75, 3.05) is 11.1 Å². The second-order valence-electron chi connectivity index (χ2n) is 6.27. The van der Waals surface area contributed by atoms with Gasteiger partial charge in [0.15, 0.2) is 5.60 Å². The Balaban J connectivity index is 1.94. The quantitative estimate of drug-likeness (QED) is 0.399. The first-order valence-corrected chi connectivity index (χ1v) is 8.36. The monoisotopic (exact) mass is 377 g/mol. The highest BCUT2D eigenvalue weighted by Crippen LogP contribution is 2.23. The Bertz CT molecular complexity index is 1090. The topological polar surface area (TPSA) is 147 Å². The maximum Gasteiger partial charge on any atom is 0.223 e. The molecule has 3 rings (SSSR count). The molecule has 0 bridgehead atoms. The summed E-state index contributed by atoms with van der Waals surface area (Å²) < 4.78 is 4.90. The van der Waals surface area contributed by atoms with Gasteiger partial charge in [-0.25, -0.2) is 4.98 Å². The lowest BCUT2D eigenvalue weighted by atomic mass is 10.0. The van der Waals surface area contributed by atoms with Crippen LogP contribution in [-0.4, -0.2) is 30.9 Å². The van der Waals surface area contributed by atoms with E-state index in [1.165, 1.54) is 13.1 Å². The Kier molecular flexibility index (Phi) is 5.06. The summed E-state index contributed by atoms with van der Waals surface area (Å²) in [5.74, 6) is 6.73. The maximum atomic E-state index is 10.5. The molecule has 3 aromatic rings. The summed E-state index contributed by atoms with van der Waals surface area (Å²) in [4.78, 5) is 12.0. The minimum absolute atomic E-state index is 0.0965. The van der Waals surface area contributed by atoms with Crippen LogP contribution in [0.4, 0.5) is 17.5 Å². The molecule has 28 heavy (non-hydrogen) atoms. The zero-order valence-electron chi connectivity index (χ0n) is 15.6. The first-order chi connectivity index (χ1) is 13.2. The normalized spacial score (nSPS) is 12.6. The number of aryl methyl sites for hydroxylation is 1. The number of hydrogen-bond acceptors (Lipinski definition) is 9. The van der Waals surface area contributed by atoms with Crippen LogP contribution in [0.1, 0.15) is 36.7 Å². The van der Waals surface area contributed by atoms with E-state index in [0.29, 0.717) is 34.2 Å². The molecule has 2 heterocycles. The average Bonchev–Trinajstić information content (AvgIpc) is 3.07. The summed E-state index contributed by atoms with van der Waals surface area (Å²) in [5, 5.41) is 25.3. The molecule has 9 heteroatoms. The highest BCUT2D eigenvalue weighted by molar-refractivity contribution is 6.02. The number of nitrogen functional groups attached to an aromatic ring is 1. The second-order valence-corrected chi connectivity index (χ2v) is 6.27. The summed E-state index contributed by atoms with van der Waals surface area (Å²) in [6.45, 7) is 4.81. The standard InChI is InChI=1S/C19H19N7O2/c1-11(20)14-5-4-13(6-8-19(3,27)17-23-12(2)28-26-17)10-15(14)24-16-7-9-22-18(21)25-16/h4-5,7,9-10,20,27H,1-3H3,(H3,21,22,24,25). The van der Waals surface area contributed by atoms with Gasteiger partial charge in [-0.1, -0.05) is 17.0 Å². The number of rotatable bonds is 4. The molecule has 0 saturated heterocycles. The lowest BCUT2D eigenvalue weighted by Gasteiger charge is -2.12. The number of aromatic nitrogens is 4. The lowest BCUT2D eigenvalue weighted by Crippen LogP contribution is -2.20. The minimum Gasteiger partial charge on any atom is -0.371 e. The Labute approximate surface area is 161 Å². The van der Waals surface area contributed by atoms with Crippen LogP contribution in [-0.2, 0) is 5.60 Å². The smallest absolute Gasteiger partial charge is 0.223 e. The van der Waals surface area contributed by atoms with Crippen LogP contribution in [0.5, 0.6) is 0 Å². The van der Waals surface area contributed by atoms with Gasteiger partial charge in [0, 0.05) is 35.6 Å². The van der Waals surface area contributed by atoms with E-state index < -0.39 is 5.60 Å². The molecule has 0 amide bonds. The molecule has 0 aliphatic carbocycles. The van der Waals surface area contributed by atoms with Crippen molar-refractivity contribution in [3.63, 3.8) is 0 Å². The second kappa shape index (κ2) is 7.46. The molecule has 1 unspecified atom stereocenters. The summed E-state index contributed by atoms with van der Waals surface area (Å²) >= 11 is 0. The van der Waals surface area contributed by atoms with Gasteiger partial charge in [-0.3, -0.25) is 0 Å². The van der Waals surface area contributed by atoms with E-state index in [2.05, 4.69) is 37.3 Å². The Morgan fingerprint density at radius 2 is 2.11 bits per heavy atom. The number of anilines is 3. The van der Waals surface area contributed by atoms with Crippen LogP contribution >= 0.6 is 0 Å². The van der Waals surface area contributed by atoms with Gasteiger partial charge in [-0.05, 0) is 38.1 Å². The molecule has 0 aliphatic rings. The van der Waals surface area contributed by atoms with Gasteiger partial charge in [0.05, 0.1) is 0 Å². The van der Waals surface area contributed by atoms with Gasteiger partial charge in [0.1, 0.15) is 5.82 Å². The molecule has 2 aromatic heterocycles. The number of aliphatic hydroxyl groups is 1. The Morgan fingerprint density at radius 3 is 2.75 bits per heavy atom. The van der Waals surface area contributed by atoms with E-state index in [1.807, 2.05) is 0 Å². The number of benzene rings is 1. The van der Waals surface area contributed by atoms with Crippen LogP contribution in [0.15, 0.2) is 35.0 Å². The van der Waals surface area contributed by atoms with Crippen molar-refractivity contribution >= 4 is 23.2 Å². The third-order valence-corrected chi connectivity index (χ3v) is 3.77. The van der Waals surface area contributed by atoms with E-state index >= 15 is 0 Å². The average molecular weight is 377 g/mol. The summed E-state index contributed by atoms with van der Waals surface area (Å²) in [6.07, 6.45) is 1.54. The minimum atomic E-state index is -1.57. The first kappa shape index (κ1) is 19.0. The molecule has 142 valence electrons. The summed E-state index contributed by atoms with van der Waals surface area (Å²) in [5.41, 5.74) is 6.36. The van der Waals surface area contributed by atoms with Crippen LogP contribution in [0.2, 0.25) is 0 Å². The molecule has 0 saturated carbocycles. The van der Waals surface area contributed by atoms with E-state index in [1.54, 1.807) is 38.1 Å². The van der Waals surface area contributed by atoms with Crippen molar-refractivity contribution in [1.82, 2.24) is 20.1 Å². The zero-order valence-corrected chi connectivity index (χ0v) is 15.6. The molecular weight excluding hydrogens is 358 g/mol. The van der Waals surface area contributed by atoms with Gasteiger partial charge in [-0.2, -0.15) is 9.97 Å². The van der Waals surface area contributed by atoms with Gasteiger partial charge < -0.3 is 26.1 Å². The first-order valence-electron chi connectivity index (χ1n) is 8.36. The van der Waals surface area contributed by atoms with Crippen molar-refractivity contribution in [3.05, 3.63) is 53.3 Å². The molecule has 5 N–H and O–H groups in total. The van der Waals surface area contributed by atoms with E-state index in [4.69, 9.17) is 15.7 Å². The number of nitrogens with one attached hydrogen (secondary N) is 2. The van der Waals surface area contributed by atoms with Crippen molar-refractivity contribution < 1.29 is 9.63 Å². The molecule has 0 radical (unpaired) electrons. The van der Waals surface area contributed by atoms with Crippen molar-refractivity contribution in [2.24, 2.45) is 0 Å².